The van der Waals surface area contributed by atoms with Crippen LogP contribution in [0.5, 0.6) is 0 Å². The summed E-state index contributed by atoms with van der Waals surface area (Å²) >= 11 is 0. The number of nitrogens with zero attached hydrogens (tertiary/aromatic N) is 3. The molecule has 0 amide bonds. The molecule has 0 aliphatic heterocycles. The molecule has 1 aliphatic rings. The van der Waals surface area contributed by atoms with Crippen LogP contribution < -0.4 is 0 Å². The standard InChI is InChI=1S/C30H27N3O2Si/c1-32-26-17-22(33(18-36(2,3)4)30(26)31-29(32)19-10-6-5-7-11-19)16-25-27(34)23-14-20-12-8-9-13-21(20)15-24(23)28(25)35/h5-17H,18H2,1-4H3. The smallest absolute Gasteiger partial charge is 0.197 e. The number of hydrogen-bond acceptors (Lipinski definition) is 3. The normalized spacial score (nSPS) is 13.7. The topological polar surface area (TPSA) is 56.9 Å². The zero-order valence-electron chi connectivity index (χ0n) is 20.9. The van der Waals surface area contributed by atoms with Gasteiger partial charge in [-0.2, -0.15) is 0 Å². The summed E-state index contributed by atoms with van der Waals surface area (Å²) in [6.07, 6.45) is 2.61. The van der Waals surface area contributed by atoms with Gasteiger partial charge in [-0.3, -0.25) is 9.59 Å². The molecule has 0 unspecified atom stereocenters. The summed E-state index contributed by atoms with van der Waals surface area (Å²) in [5.41, 5.74) is 4.97. The number of allylic oxidation sites excluding steroid dienone is 1. The van der Waals surface area contributed by atoms with Crippen molar-refractivity contribution in [3.8, 4) is 11.4 Å². The average molecular weight is 490 g/mol. The van der Waals surface area contributed by atoms with Gasteiger partial charge in [0, 0.05) is 35.6 Å². The molecule has 0 fully saturated rings. The molecule has 0 radical (unpaired) electrons. The van der Waals surface area contributed by atoms with Crippen molar-refractivity contribution in [2.45, 2.75) is 25.8 Å². The van der Waals surface area contributed by atoms with Gasteiger partial charge in [0.2, 0.25) is 0 Å². The van der Waals surface area contributed by atoms with Crippen molar-refractivity contribution in [1.82, 2.24) is 14.1 Å². The number of benzene rings is 3. The number of carbonyl (C=O) groups excluding carboxylic acids is 2. The van der Waals surface area contributed by atoms with Crippen LogP contribution in [0.25, 0.3) is 39.4 Å². The molecule has 1 aliphatic carbocycles. The van der Waals surface area contributed by atoms with Gasteiger partial charge in [0.25, 0.3) is 0 Å². The van der Waals surface area contributed by atoms with Crippen molar-refractivity contribution < 1.29 is 9.59 Å². The van der Waals surface area contributed by atoms with E-state index in [2.05, 4.69) is 47.0 Å². The molecular weight excluding hydrogens is 462 g/mol. The summed E-state index contributed by atoms with van der Waals surface area (Å²) in [7, 11) is 0.445. The first-order valence-electron chi connectivity index (χ1n) is 12.2. The minimum Gasteiger partial charge on any atom is -0.327 e. The molecule has 0 saturated carbocycles. The second-order valence-electron chi connectivity index (χ2n) is 10.7. The summed E-state index contributed by atoms with van der Waals surface area (Å²) in [4.78, 5) is 31.8. The van der Waals surface area contributed by atoms with E-state index in [0.29, 0.717) is 11.1 Å². The fraction of sp³-hybridized carbons (Fsp3) is 0.167. The lowest BCUT2D eigenvalue weighted by atomic mass is 10.0. The van der Waals surface area contributed by atoms with Crippen molar-refractivity contribution >= 4 is 47.7 Å². The first-order valence-corrected chi connectivity index (χ1v) is 15.9. The van der Waals surface area contributed by atoms with Crippen LogP contribution in [0, 0.1) is 0 Å². The van der Waals surface area contributed by atoms with Gasteiger partial charge >= 0.3 is 0 Å². The molecule has 0 spiro atoms. The number of aromatic nitrogens is 3. The van der Waals surface area contributed by atoms with Crippen LogP contribution in [-0.4, -0.2) is 33.8 Å². The van der Waals surface area contributed by atoms with Crippen LogP contribution in [-0.2, 0) is 13.2 Å². The monoisotopic (exact) mass is 489 g/mol. The first kappa shape index (κ1) is 22.4. The molecule has 178 valence electrons. The van der Waals surface area contributed by atoms with E-state index in [4.69, 9.17) is 4.98 Å². The maximum atomic E-state index is 13.4. The van der Waals surface area contributed by atoms with Crippen molar-refractivity contribution in [2.24, 2.45) is 7.05 Å². The fourth-order valence-corrected chi connectivity index (χ4v) is 6.37. The first-order chi connectivity index (χ1) is 17.2. The molecule has 3 aromatic carbocycles. The zero-order chi connectivity index (χ0) is 25.2. The second-order valence-corrected chi connectivity index (χ2v) is 16.2. The van der Waals surface area contributed by atoms with Crippen molar-refractivity contribution in [3.05, 3.63) is 95.2 Å². The third-order valence-electron chi connectivity index (χ3n) is 6.79. The Balaban J connectivity index is 1.51. The average Bonchev–Trinajstić information content (AvgIpc) is 3.43. The van der Waals surface area contributed by atoms with Gasteiger partial charge < -0.3 is 9.13 Å². The van der Waals surface area contributed by atoms with Crippen LogP contribution in [0.1, 0.15) is 26.4 Å². The Hall–Kier alpha value is -4.03. The highest BCUT2D eigenvalue weighted by Gasteiger charge is 2.34. The van der Waals surface area contributed by atoms with E-state index in [-0.39, 0.29) is 17.1 Å². The third-order valence-corrected chi connectivity index (χ3v) is 8.06. The van der Waals surface area contributed by atoms with Gasteiger partial charge in [0.05, 0.1) is 19.2 Å². The molecule has 36 heavy (non-hydrogen) atoms. The predicted octanol–water partition coefficient (Wildman–Crippen LogP) is 6.54. The Morgan fingerprint density at radius 2 is 1.42 bits per heavy atom. The number of hydrogen-bond donors (Lipinski definition) is 0. The lowest BCUT2D eigenvalue weighted by Gasteiger charge is -2.18. The SMILES string of the molecule is Cn1c(-c2ccccc2)nc2c1cc(C=C1C(=O)c3cc4ccccc4cc3C1=O)n2C[Si](C)(C)C. The summed E-state index contributed by atoms with van der Waals surface area (Å²) < 4.78 is 4.29. The Kier molecular flexibility index (Phi) is 4.98. The Labute approximate surface area is 210 Å². The number of imidazole rings is 1. The number of Topliss-reactive ketones (excluding diaryl/α,β-unsaturated/α-hetero) is 2. The number of rotatable bonds is 4. The fourth-order valence-electron chi connectivity index (χ4n) is 5.09. The number of carbonyl (C=O) groups is 2. The van der Waals surface area contributed by atoms with E-state index in [1.165, 1.54) is 0 Å². The largest absolute Gasteiger partial charge is 0.327 e. The maximum Gasteiger partial charge on any atom is 0.197 e. The van der Waals surface area contributed by atoms with E-state index in [9.17, 15) is 9.59 Å². The lowest BCUT2D eigenvalue weighted by Crippen LogP contribution is -2.28. The van der Waals surface area contributed by atoms with Gasteiger partial charge in [-0.05, 0) is 35.0 Å². The number of ketones is 2. The molecule has 0 bridgehead atoms. The minimum absolute atomic E-state index is 0.205. The van der Waals surface area contributed by atoms with Crippen LogP contribution in [0.3, 0.4) is 0 Å². The number of aryl methyl sites for hydroxylation is 1. The quantitative estimate of drug-likeness (QED) is 0.164. The molecule has 2 aromatic heterocycles. The Morgan fingerprint density at radius 1 is 0.833 bits per heavy atom. The summed E-state index contributed by atoms with van der Waals surface area (Å²) in [5.74, 6) is 0.489. The maximum absolute atomic E-state index is 13.4. The summed E-state index contributed by atoms with van der Waals surface area (Å²) in [5, 5.41) is 1.92. The minimum atomic E-state index is -1.57. The van der Waals surface area contributed by atoms with Crippen LogP contribution in [0.2, 0.25) is 19.6 Å². The van der Waals surface area contributed by atoms with Gasteiger partial charge in [0.15, 0.2) is 17.2 Å². The molecule has 0 saturated heterocycles. The van der Waals surface area contributed by atoms with E-state index in [1.807, 2.05) is 61.6 Å². The van der Waals surface area contributed by atoms with E-state index in [0.717, 1.165) is 45.2 Å². The number of fused-ring (bicyclic) bond motifs is 3. The highest BCUT2D eigenvalue weighted by molar-refractivity contribution is 6.75. The Morgan fingerprint density at radius 3 is 2.00 bits per heavy atom. The van der Waals surface area contributed by atoms with E-state index < -0.39 is 8.07 Å². The Bertz CT molecular complexity index is 1680. The van der Waals surface area contributed by atoms with Gasteiger partial charge in [-0.25, -0.2) is 4.98 Å². The van der Waals surface area contributed by atoms with Gasteiger partial charge in [0.1, 0.15) is 5.82 Å². The third kappa shape index (κ3) is 3.57. The van der Waals surface area contributed by atoms with Crippen LogP contribution in [0.4, 0.5) is 0 Å². The van der Waals surface area contributed by atoms with Crippen LogP contribution >= 0.6 is 0 Å². The molecule has 0 atom stereocenters. The molecule has 6 rings (SSSR count). The second kappa shape index (κ2) is 8.00. The molecule has 0 N–H and O–H groups in total. The highest BCUT2D eigenvalue weighted by Crippen LogP contribution is 2.33. The van der Waals surface area contributed by atoms with Gasteiger partial charge in [-0.1, -0.05) is 74.2 Å². The molecule has 2 heterocycles. The van der Waals surface area contributed by atoms with Gasteiger partial charge in [-0.15, -0.1) is 0 Å². The van der Waals surface area contributed by atoms with E-state index in [1.54, 1.807) is 6.08 Å². The van der Waals surface area contributed by atoms with Crippen molar-refractivity contribution in [3.63, 3.8) is 0 Å². The van der Waals surface area contributed by atoms with Crippen molar-refractivity contribution in [1.29, 1.82) is 0 Å². The predicted molar refractivity (Wildman–Crippen MR) is 148 cm³/mol. The summed E-state index contributed by atoms with van der Waals surface area (Å²) in [6.45, 7) is 6.93. The van der Waals surface area contributed by atoms with Crippen molar-refractivity contribution in [2.75, 3.05) is 0 Å². The molecule has 5 nitrogen and oxygen atoms in total. The van der Waals surface area contributed by atoms with Crippen LogP contribution in [0.15, 0.2) is 78.4 Å². The summed E-state index contributed by atoms with van der Waals surface area (Å²) in [6, 6.07) is 23.7. The molecular formula is C30H27N3O2Si. The molecule has 6 heteroatoms. The van der Waals surface area contributed by atoms with E-state index >= 15 is 0 Å². The lowest BCUT2D eigenvalue weighted by molar-refractivity contribution is 0.0990. The highest BCUT2D eigenvalue weighted by atomic mass is 28.3. The zero-order valence-corrected chi connectivity index (χ0v) is 21.9. The molecule has 5 aromatic rings.